The Hall–Kier alpha value is -8.22. The molecular formula is C62H72ClFN15O11S+. The minimum absolute atomic E-state index is 0.0497. The molecule has 4 aliphatic heterocycles. The van der Waals surface area contributed by atoms with E-state index >= 15 is 4.39 Å². The highest BCUT2D eigenvalue weighted by Crippen LogP contribution is 2.43. The second-order valence-corrected chi connectivity index (χ2v) is 24.0. The molecule has 9 heterocycles. The van der Waals surface area contributed by atoms with Gasteiger partial charge >= 0.3 is 11.9 Å². The molecule has 8 aromatic rings. The van der Waals surface area contributed by atoms with Crippen LogP contribution in [0.4, 0.5) is 4.39 Å². The predicted molar refractivity (Wildman–Crippen MR) is 334 cm³/mol. The zero-order chi connectivity index (χ0) is 63.6. The number of benzene rings is 3. The first-order valence-electron chi connectivity index (χ1n) is 30.3. The van der Waals surface area contributed by atoms with Gasteiger partial charge in [0.05, 0.1) is 122 Å². The number of rotatable bonds is 30. The number of amides is 4. The Morgan fingerprint density at radius 3 is 2.13 bits per heavy atom. The van der Waals surface area contributed by atoms with Gasteiger partial charge in [-0.15, -0.1) is 36.3 Å². The zero-order valence-electron chi connectivity index (χ0n) is 51.1. The van der Waals surface area contributed by atoms with Crippen molar-refractivity contribution in [2.45, 2.75) is 84.5 Å². The second-order valence-electron chi connectivity index (χ2n) is 22.3. The lowest BCUT2D eigenvalue weighted by atomic mass is 9.88. The fraction of sp³-hybridized carbons (Fsp3) is 0.452. The summed E-state index contributed by atoms with van der Waals surface area (Å²) in [5.74, 6) is -0.781. The number of hydrogen-bond donors (Lipinski definition) is 3. The minimum atomic E-state index is -0.568. The van der Waals surface area contributed by atoms with Gasteiger partial charge in [-0.1, -0.05) is 45.9 Å². The molecule has 3 aromatic carbocycles. The molecule has 1 saturated heterocycles. The van der Waals surface area contributed by atoms with Crippen molar-refractivity contribution in [3.8, 4) is 16.1 Å². The van der Waals surface area contributed by atoms with E-state index < -0.39 is 17.8 Å². The molecule has 4 aliphatic rings. The number of halogens is 2. The highest BCUT2D eigenvalue weighted by atomic mass is 35.5. The fourth-order valence-electron chi connectivity index (χ4n) is 11.7. The first-order valence-corrected chi connectivity index (χ1v) is 31.5. The van der Waals surface area contributed by atoms with E-state index in [0.717, 1.165) is 38.6 Å². The maximum Gasteiger partial charge on any atom is 0.340 e. The van der Waals surface area contributed by atoms with Gasteiger partial charge in [0.15, 0.2) is 5.82 Å². The molecule has 0 radical (unpaired) electrons. The molecule has 480 valence electrons. The van der Waals surface area contributed by atoms with Crippen molar-refractivity contribution in [1.82, 2.24) is 70.0 Å². The molecule has 26 nitrogen and oxygen atoms in total. The van der Waals surface area contributed by atoms with Gasteiger partial charge in [-0.3, -0.25) is 33.4 Å². The molecule has 3 N–H and O–H groups in total. The van der Waals surface area contributed by atoms with Crippen LogP contribution in [0.15, 0.2) is 72.0 Å². The van der Waals surface area contributed by atoms with Crippen LogP contribution in [0.3, 0.4) is 0 Å². The summed E-state index contributed by atoms with van der Waals surface area (Å²) in [5.41, 5.74) is 7.12. The van der Waals surface area contributed by atoms with Crippen LogP contribution >= 0.6 is 22.9 Å². The van der Waals surface area contributed by atoms with Gasteiger partial charge in [0.25, 0.3) is 0 Å². The number of thiophene rings is 1. The minimum Gasteiger partial charge on any atom is -0.468 e. The molecule has 1 atom stereocenters. The Labute approximate surface area is 531 Å². The van der Waals surface area contributed by atoms with E-state index in [4.69, 9.17) is 50.5 Å². The van der Waals surface area contributed by atoms with Crippen molar-refractivity contribution in [3.63, 3.8) is 0 Å². The summed E-state index contributed by atoms with van der Waals surface area (Å²) >= 11 is 7.90. The summed E-state index contributed by atoms with van der Waals surface area (Å²) in [5, 5.41) is 38.0. The third-order valence-corrected chi connectivity index (χ3v) is 17.9. The Kier molecular flexibility index (Phi) is 20.8. The predicted octanol–water partition coefficient (Wildman–Crippen LogP) is 5.43. The number of nitrogens with one attached hydrogen (secondary N) is 3. The molecule has 12 rings (SSSR count). The molecule has 0 aliphatic carbocycles. The van der Waals surface area contributed by atoms with Crippen LogP contribution < -0.4 is 20.5 Å². The van der Waals surface area contributed by atoms with E-state index in [9.17, 15) is 24.0 Å². The van der Waals surface area contributed by atoms with Crippen LogP contribution in [-0.4, -0.2) is 184 Å². The highest BCUT2D eigenvalue weighted by molar-refractivity contribution is 7.15. The number of methoxy groups -OCH3 is 1. The van der Waals surface area contributed by atoms with E-state index in [2.05, 4.69) is 55.0 Å². The van der Waals surface area contributed by atoms with Crippen molar-refractivity contribution < 1.29 is 56.8 Å². The molecule has 91 heavy (non-hydrogen) atoms. The number of nitrogens with zero attached hydrogens (tertiary/aromatic N) is 12. The van der Waals surface area contributed by atoms with Gasteiger partial charge in [-0.05, 0) is 62.2 Å². The van der Waals surface area contributed by atoms with Crippen molar-refractivity contribution in [2.75, 3.05) is 99.4 Å². The molecule has 0 spiro atoms. The zero-order valence-corrected chi connectivity index (χ0v) is 52.7. The van der Waals surface area contributed by atoms with E-state index in [1.807, 2.05) is 47.9 Å². The lowest BCUT2D eigenvalue weighted by molar-refractivity contribution is -0.142. The van der Waals surface area contributed by atoms with Gasteiger partial charge < -0.3 is 44.4 Å². The summed E-state index contributed by atoms with van der Waals surface area (Å²) in [7, 11) is 1.28. The molecule has 5 aromatic heterocycles. The molecule has 4 bridgehead atoms. The Balaban J connectivity index is 0.551. The molecule has 29 heteroatoms. The number of carbonyl (C=O) groups excluding carboxylic acids is 5. The maximum absolute atomic E-state index is 16.3. The van der Waals surface area contributed by atoms with Crippen LogP contribution in [0.1, 0.15) is 88.7 Å². The quantitative estimate of drug-likeness (QED) is 0.0287. The summed E-state index contributed by atoms with van der Waals surface area (Å²) in [6, 6.07) is 15.7. The third-order valence-electron chi connectivity index (χ3n) is 16.4. The average Bonchev–Trinajstić information content (AvgIpc) is 1.62. The fourth-order valence-corrected chi connectivity index (χ4v) is 13.1. The van der Waals surface area contributed by atoms with Gasteiger partial charge in [0.2, 0.25) is 17.7 Å². The highest BCUT2D eigenvalue weighted by Gasteiger charge is 2.46. The second kappa shape index (κ2) is 29.4. The molecular weight excluding hydrogens is 1220 g/mol. The van der Waals surface area contributed by atoms with E-state index in [1.54, 1.807) is 45.3 Å². The van der Waals surface area contributed by atoms with E-state index in [0.29, 0.717) is 142 Å². The van der Waals surface area contributed by atoms with Gasteiger partial charge in [-0.2, -0.15) is 5.10 Å². The van der Waals surface area contributed by atoms with Crippen molar-refractivity contribution in [3.05, 3.63) is 122 Å². The number of carbonyl (C=O) groups is 5. The number of esters is 1. The molecule has 0 saturated carbocycles. The normalized spacial score (nSPS) is 16.5. The van der Waals surface area contributed by atoms with Crippen LogP contribution in [-0.2, 0) is 72.0 Å². The number of aromatic nitrogens is 10. The lowest BCUT2D eigenvalue weighted by Gasteiger charge is -2.39. The Morgan fingerprint density at radius 1 is 0.758 bits per heavy atom. The van der Waals surface area contributed by atoms with Crippen LogP contribution in [0.5, 0.6) is 0 Å². The topological polar surface area (TPSA) is 286 Å². The SMILES string of the molecule is COC(=O)Cn1cc(CNC(=O)Cn2nc3c4c(cccc42)-c2cc4c(cnn4[N+]4(C(=O)CCC(=O)NCCOCCOCCOCCOCCOCCNC(=O)C[C@@H]5N=C(c6ccc(Cl)cc6)c6c(sc(C)c6C)-n6c(C)nnc65)CCC3CC4)cc2F)nn1. The van der Waals surface area contributed by atoms with Crippen LogP contribution in [0.25, 0.3) is 37.9 Å². The first-order chi connectivity index (χ1) is 44.2. The third kappa shape index (κ3) is 14.6. The smallest absolute Gasteiger partial charge is 0.340 e. The largest absolute Gasteiger partial charge is 0.468 e. The number of quaternary nitrogens is 1. The summed E-state index contributed by atoms with van der Waals surface area (Å²) in [6.45, 7) is 10.5. The number of aliphatic imine (C=N–C) groups is 1. The van der Waals surface area contributed by atoms with E-state index in [1.165, 1.54) is 22.7 Å². The van der Waals surface area contributed by atoms with E-state index in [-0.39, 0.29) is 86.2 Å². The van der Waals surface area contributed by atoms with Crippen molar-refractivity contribution >= 4 is 80.1 Å². The number of hydrogen-bond acceptors (Lipinski definition) is 19. The van der Waals surface area contributed by atoms with Gasteiger partial charge in [-0.25, -0.2) is 13.9 Å². The lowest BCUT2D eigenvalue weighted by Crippen LogP contribution is -2.65. The maximum atomic E-state index is 16.3. The standard InChI is InChI=1S/C62H71ClFN15O11S/c1-38-39(2)91-62-57(38)59(41-8-10-44(63)11-9-41)69-49(61-72-70-40(3)77(61)62)32-53(81)66-17-21-87-23-25-89-27-29-90-28-26-88-24-22-86-20-16-65-52(80)12-13-55(83)79-18-14-42(15-19-79)60-58-46(47-31-51-43(30-48(47)64)33-68-78(51)79)6-5-7-50(58)76(73-60)36-54(82)67-34-45-35-75(74-71-45)37-56(84)85-4/h5-11,30-31,33,35,42,49H,12-29,32,34,36-37H2,1-4H3,(H2-,65,66,67,80,81,82)/p+1/t42?,49-,79?/m0/s1. The monoisotopic (exact) mass is 1290 g/mol. The number of piperidine rings is 1. The summed E-state index contributed by atoms with van der Waals surface area (Å²) in [6.07, 6.45) is 4.14. The molecule has 4 amide bonds. The Morgan fingerprint density at radius 2 is 1.44 bits per heavy atom. The summed E-state index contributed by atoms with van der Waals surface area (Å²) in [4.78, 5) is 74.1. The molecule has 1 fully saturated rings. The number of ether oxygens (including phenoxy) is 6. The van der Waals surface area contributed by atoms with Crippen molar-refractivity contribution in [2.24, 2.45) is 4.99 Å². The van der Waals surface area contributed by atoms with Crippen molar-refractivity contribution in [1.29, 1.82) is 0 Å². The first kappa shape index (κ1) is 64.3. The summed E-state index contributed by atoms with van der Waals surface area (Å²) < 4.78 is 54.0. The molecule has 0 unspecified atom stereocenters. The Bertz CT molecular complexity index is 3980. The van der Waals surface area contributed by atoms with Crippen LogP contribution in [0, 0.1) is 26.6 Å². The van der Waals surface area contributed by atoms with Crippen LogP contribution in [0.2, 0.25) is 5.02 Å². The average molecular weight is 1290 g/mol. The number of aryl methyl sites for hydroxylation is 2. The number of fused-ring (bicyclic) bond motifs is 5. The van der Waals surface area contributed by atoms with Gasteiger partial charge in [0, 0.05) is 75.6 Å². The van der Waals surface area contributed by atoms with Gasteiger partial charge in [0.1, 0.15) is 60.1 Å².